The number of anilines is 1. The highest BCUT2D eigenvalue weighted by atomic mass is 32.1. The highest BCUT2D eigenvalue weighted by Crippen LogP contribution is 2.37. The summed E-state index contributed by atoms with van der Waals surface area (Å²) in [6.07, 6.45) is 5.08. The van der Waals surface area contributed by atoms with Gasteiger partial charge in [0.05, 0.1) is 10.7 Å². The van der Waals surface area contributed by atoms with Gasteiger partial charge in [-0.25, -0.2) is 4.98 Å². The highest BCUT2D eigenvalue weighted by molar-refractivity contribution is 7.09. The average molecular weight is 272 g/mol. The molecule has 0 radical (unpaired) electrons. The second kappa shape index (κ2) is 5.74. The van der Waals surface area contributed by atoms with E-state index in [0.29, 0.717) is 0 Å². The lowest BCUT2D eigenvalue weighted by atomic mass is 9.86. The van der Waals surface area contributed by atoms with Crippen LogP contribution in [-0.4, -0.2) is 11.5 Å². The van der Waals surface area contributed by atoms with E-state index in [9.17, 15) is 0 Å². The molecule has 0 bridgehead atoms. The molecule has 2 aromatic rings. The number of aryl methyl sites for hydroxylation is 1. The molecule has 0 saturated heterocycles. The normalized spacial score (nSPS) is 15.2. The van der Waals surface area contributed by atoms with E-state index in [1.54, 1.807) is 0 Å². The van der Waals surface area contributed by atoms with Crippen molar-refractivity contribution in [3.05, 3.63) is 45.9 Å². The topological polar surface area (TPSA) is 24.9 Å². The number of nitrogens with one attached hydrogen (secondary N) is 1. The molecule has 1 aliphatic carbocycles. The Labute approximate surface area is 118 Å². The molecule has 0 spiro atoms. The fourth-order valence-electron chi connectivity index (χ4n) is 2.29. The summed E-state index contributed by atoms with van der Waals surface area (Å²) in [5, 5.41) is 7.04. The van der Waals surface area contributed by atoms with E-state index >= 15 is 0 Å². The van der Waals surface area contributed by atoms with Gasteiger partial charge in [0, 0.05) is 30.0 Å². The smallest absolute Gasteiger partial charge is 0.0959 e. The molecule has 1 aromatic heterocycles. The maximum Gasteiger partial charge on any atom is 0.0959 e. The maximum atomic E-state index is 4.76. The van der Waals surface area contributed by atoms with Gasteiger partial charge in [0.25, 0.3) is 0 Å². The molecule has 0 unspecified atom stereocenters. The lowest BCUT2D eigenvalue weighted by Gasteiger charge is -2.22. The number of aromatic nitrogens is 1. The van der Waals surface area contributed by atoms with Crippen molar-refractivity contribution in [2.75, 3.05) is 11.9 Å². The van der Waals surface area contributed by atoms with Crippen molar-refractivity contribution < 1.29 is 0 Å². The first kappa shape index (κ1) is 12.7. The van der Waals surface area contributed by atoms with Crippen LogP contribution < -0.4 is 5.32 Å². The predicted molar refractivity (Wildman–Crippen MR) is 82.1 cm³/mol. The third-order valence-electron chi connectivity index (χ3n) is 3.79. The second-order valence-electron chi connectivity index (χ2n) is 5.35. The minimum absolute atomic E-state index is 0.767. The Bertz CT molecular complexity index is 526. The fourth-order valence-corrected chi connectivity index (χ4v) is 3.31. The van der Waals surface area contributed by atoms with Gasteiger partial charge in [0.1, 0.15) is 0 Å². The number of hydrogen-bond acceptors (Lipinski definition) is 3. The number of rotatable bonds is 5. The summed E-state index contributed by atoms with van der Waals surface area (Å²) in [6, 6.07) is 8.55. The van der Waals surface area contributed by atoms with E-state index in [1.807, 2.05) is 11.3 Å². The van der Waals surface area contributed by atoms with Crippen LogP contribution in [0.5, 0.6) is 0 Å². The van der Waals surface area contributed by atoms with Crippen LogP contribution in [0, 0.1) is 6.92 Å². The molecule has 0 amide bonds. The molecular formula is C16H20N2S. The van der Waals surface area contributed by atoms with E-state index in [2.05, 4.69) is 41.9 Å². The Morgan fingerprint density at radius 3 is 2.74 bits per heavy atom. The summed E-state index contributed by atoms with van der Waals surface area (Å²) in [5.41, 5.74) is 3.74. The van der Waals surface area contributed by atoms with Crippen molar-refractivity contribution in [2.45, 2.75) is 38.5 Å². The molecule has 1 heterocycles. The van der Waals surface area contributed by atoms with E-state index in [4.69, 9.17) is 4.98 Å². The summed E-state index contributed by atoms with van der Waals surface area (Å²) in [6.45, 7) is 3.07. The third kappa shape index (κ3) is 3.16. The molecule has 0 atom stereocenters. The van der Waals surface area contributed by atoms with Gasteiger partial charge >= 0.3 is 0 Å². The molecule has 19 heavy (non-hydrogen) atoms. The Hall–Kier alpha value is -1.35. The van der Waals surface area contributed by atoms with Gasteiger partial charge in [-0.3, -0.25) is 0 Å². The van der Waals surface area contributed by atoms with Crippen molar-refractivity contribution in [1.29, 1.82) is 0 Å². The zero-order chi connectivity index (χ0) is 13.1. The zero-order valence-electron chi connectivity index (χ0n) is 11.4. The van der Waals surface area contributed by atoms with Crippen molar-refractivity contribution in [1.82, 2.24) is 4.98 Å². The van der Waals surface area contributed by atoms with Gasteiger partial charge in [0.15, 0.2) is 0 Å². The summed E-state index contributed by atoms with van der Waals surface area (Å²) in [7, 11) is 0. The molecule has 1 aliphatic rings. The van der Waals surface area contributed by atoms with Gasteiger partial charge in [-0.15, -0.1) is 11.3 Å². The molecular weight excluding hydrogens is 252 g/mol. The minimum Gasteiger partial charge on any atom is -0.385 e. The van der Waals surface area contributed by atoms with Crippen molar-refractivity contribution in [2.24, 2.45) is 0 Å². The average Bonchev–Trinajstić information content (AvgIpc) is 2.78. The first-order chi connectivity index (χ1) is 9.31. The summed E-state index contributed by atoms with van der Waals surface area (Å²) in [4.78, 5) is 4.76. The number of nitrogens with zero attached hydrogens (tertiary/aromatic N) is 1. The van der Waals surface area contributed by atoms with Crippen LogP contribution in [0.3, 0.4) is 0 Å². The van der Waals surface area contributed by atoms with Gasteiger partial charge in [-0.05, 0) is 31.9 Å². The SMILES string of the molecule is Cc1ccc(NCCc2csc(C3CCC3)n2)cc1. The van der Waals surface area contributed by atoms with Crippen LogP contribution in [-0.2, 0) is 6.42 Å². The quantitative estimate of drug-likeness (QED) is 0.874. The van der Waals surface area contributed by atoms with Crippen molar-refractivity contribution in [3.63, 3.8) is 0 Å². The second-order valence-corrected chi connectivity index (χ2v) is 6.24. The lowest BCUT2D eigenvalue weighted by Crippen LogP contribution is -2.09. The summed E-state index contributed by atoms with van der Waals surface area (Å²) in [5.74, 6) is 0.767. The molecule has 1 N–H and O–H groups in total. The van der Waals surface area contributed by atoms with Crippen LogP contribution in [0.4, 0.5) is 5.69 Å². The van der Waals surface area contributed by atoms with E-state index < -0.39 is 0 Å². The van der Waals surface area contributed by atoms with E-state index in [1.165, 1.54) is 41.2 Å². The third-order valence-corrected chi connectivity index (χ3v) is 4.84. The summed E-state index contributed by atoms with van der Waals surface area (Å²) < 4.78 is 0. The number of thiazole rings is 1. The molecule has 3 heteroatoms. The zero-order valence-corrected chi connectivity index (χ0v) is 12.2. The first-order valence-corrected chi connectivity index (χ1v) is 7.94. The molecule has 3 rings (SSSR count). The molecule has 0 aliphatic heterocycles. The highest BCUT2D eigenvalue weighted by Gasteiger charge is 2.22. The van der Waals surface area contributed by atoms with Gasteiger partial charge in [-0.2, -0.15) is 0 Å². The van der Waals surface area contributed by atoms with Gasteiger partial charge in [0.2, 0.25) is 0 Å². The van der Waals surface area contributed by atoms with Crippen molar-refractivity contribution in [3.8, 4) is 0 Å². The van der Waals surface area contributed by atoms with Crippen LogP contribution in [0.25, 0.3) is 0 Å². The molecule has 1 saturated carbocycles. The Morgan fingerprint density at radius 1 is 1.26 bits per heavy atom. The van der Waals surface area contributed by atoms with Gasteiger partial charge < -0.3 is 5.32 Å². The fraction of sp³-hybridized carbons (Fsp3) is 0.438. The Balaban J connectivity index is 1.49. The largest absolute Gasteiger partial charge is 0.385 e. The first-order valence-electron chi connectivity index (χ1n) is 7.06. The van der Waals surface area contributed by atoms with Crippen molar-refractivity contribution >= 4 is 17.0 Å². The van der Waals surface area contributed by atoms with Crippen LogP contribution in [0.2, 0.25) is 0 Å². The number of benzene rings is 1. The molecule has 2 nitrogen and oxygen atoms in total. The Morgan fingerprint density at radius 2 is 2.05 bits per heavy atom. The van der Waals surface area contributed by atoms with Crippen LogP contribution in [0.1, 0.15) is 41.4 Å². The monoisotopic (exact) mass is 272 g/mol. The molecule has 1 fully saturated rings. The van der Waals surface area contributed by atoms with Crippen LogP contribution in [0.15, 0.2) is 29.6 Å². The Kier molecular flexibility index (Phi) is 3.83. The summed E-state index contributed by atoms with van der Waals surface area (Å²) >= 11 is 1.84. The van der Waals surface area contributed by atoms with E-state index in [-0.39, 0.29) is 0 Å². The maximum absolute atomic E-state index is 4.76. The lowest BCUT2D eigenvalue weighted by molar-refractivity contribution is 0.418. The molecule has 1 aromatic carbocycles. The van der Waals surface area contributed by atoms with Gasteiger partial charge in [-0.1, -0.05) is 24.1 Å². The van der Waals surface area contributed by atoms with Crippen LogP contribution >= 0.6 is 11.3 Å². The van der Waals surface area contributed by atoms with E-state index in [0.717, 1.165) is 18.9 Å². The molecule has 100 valence electrons. The predicted octanol–water partition coefficient (Wildman–Crippen LogP) is 4.37. The standard InChI is InChI=1S/C16H20N2S/c1-12-5-7-14(8-6-12)17-10-9-15-11-19-16(18-15)13-3-2-4-13/h5-8,11,13,17H,2-4,9-10H2,1H3. The minimum atomic E-state index is 0.767. The number of hydrogen-bond donors (Lipinski definition) is 1.